The highest BCUT2D eigenvalue weighted by atomic mass is 35.5. The van der Waals surface area contributed by atoms with E-state index in [1.165, 1.54) is 0 Å². The summed E-state index contributed by atoms with van der Waals surface area (Å²) in [7, 11) is 0. The minimum Gasteiger partial charge on any atom is -0.347 e. The van der Waals surface area contributed by atoms with Gasteiger partial charge >= 0.3 is 0 Å². The van der Waals surface area contributed by atoms with Crippen LogP contribution >= 0.6 is 11.6 Å². The predicted molar refractivity (Wildman–Crippen MR) is 20.6 cm³/mol. The minimum absolute atomic E-state index is 0.0170. The number of Topliss-reactive ketones (excluding diaryl/α,β-unsaturated/α-hetero) is 1. The van der Waals surface area contributed by atoms with E-state index in [0.29, 0.717) is 0 Å². The van der Waals surface area contributed by atoms with Gasteiger partial charge in [0, 0.05) is 0 Å². The van der Waals surface area contributed by atoms with Crippen LogP contribution in [0.25, 0.3) is 0 Å². The summed E-state index contributed by atoms with van der Waals surface area (Å²) >= 11 is 5.13. The van der Waals surface area contributed by atoms with Crippen molar-refractivity contribution in [3.8, 4) is 0 Å². The van der Waals surface area contributed by atoms with Gasteiger partial charge in [0.25, 0.3) is 0 Å². The Morgan fingerprint density at radius 3 is 2.50 bits per heavy atom. The highest BCUT2D eigenvalue weighted by molar-refractivity contribution is 6.31. The molecule has 1 fully saturated rings. The Morgan fingerprint density at radius 1 is 2.00 bits per heavy atom. The lowest BCUT2D eigenvalue weighted by atomic mass is 10.4. The third-order valence-electron chi connectivity index (χ3n) is 0.625. The zero-order valence-electron chi connectivity index (χ0n) is 2.98. The van der Waals surface area contributed by atoms with Crippen LogP contribution < -0.4 is 0 Å². The van der Waals surface area contributed by atoms with Crippen LogP contribution in [0.2, 0.25) is 0 Å². The molecule has 0 N–H and O–H groups in total. The molecule has 0 amide bonds. The lowest BCUT2D eigenvalue weighted by Gasteiger charge is -2.16. The van der Waals surface area contributed by atoms with Crippen LogP contribution in [0.15, 0.2) is 0 Å². The van der Waals surface area contributed by atoms with E-state index in [2.05, 4.69) is 4.74 Å². The summed E-state index contributed by atoms with van der Waals surface area (Å²) in [6.45, 7) is 0.203. The fraction of sp³-hybridized carbons (Fsp3) is 0.667. The molecule has 1 aliphatic heterocycles. The van der Waals surface area contributed by atoms with Gasteiger partial charge in [-0.3, -0.25) is 4.79 Å². The molecule has 0 aromatic carbocycles. The minimum atomic E-state index is -0.634. The molecule has 1 aliphatic rings. The van der Waals surface area contributed by atoms with E-state index in [4.69, 9.17) is 11.6 Å². The van der Waals surface area contributed by atoms with Gasteiger partial charge in [-0.05, 0) is 0 Å². The fourth-order valence-corrected chi connectivity index (χ4v) is 0.340. The molecule has 2 nitrogen and oxygen atoms in total. The van der Waals surface area contributed by atoms with Gasteiger partial charge in [-0.2, -0.15) is 0 Å². The van der Waals surface area contributed by atoms with Gasteiger partial charge in [0.2, 0.25) is 5.78 Å². The van der Waals surface area contributed by atoms with E-state index in [0.717, 1.165) is 0 Å². The summed E-state index contributed by atoms with van der Waals surface area (Å²) in [6.07, 6.45) is 0. The highest BCUT2D eigenvalue weighted by Crippen LogP contribution is 2.09. The van der Waals surface area contributed by atoms with Crippen molar-refractivity contribution in [3.05, 3.63) is 0 Å². The van der Waals surface area contributed by atoms with Gasteiger partial charge in [0.1, 0.15) is 6.61 Å². The molecule has 0 radical (unpaired) electrons. The van der Waals surface area contributed by atoms with E-state index in [-0.39, 0.29) is 12.4 Å². The normalized spacial score (nSPS) is 32.8. The van der Waals surface area contributed by atoms with E-state index >= 15 is 0 Å². The van der Waals surface area contributed by atoms with Crippen molar-refractivity contribution in [2.75, 3.05) is 6.61 Å². The number of alkyl halides is 1. The van der Waals surface area contributed by atoms with Crippen molar-refractivity contribution < 1.29 is 9.53 Å². The number of hydrogen-bond acceptors (Lipinski definition) is 2. The Bertz CT molecular complexity index is 80.9. The first-order chi connectivity index (χ1) is 2.80. The Balaban J connectivity index is 2.39. The Kier molecular flexibility index (Phi) is 0.821. The Labute approximate surface area is 40.0 Å². The predicted octanol–water partition coefficient (Wildman–Crippen LogP) is 0.151. The van der Waals surface area contributed by atoms with Gasteiger partial charge < -0.3 is 4.74 Å². The van der Waals surface area contributed by atoms with Crippen LogP contribution in [-0.2, 0) is 9.53 Å². The van der Waals surface area contributed by atoms with E-state index < -0.39 is 5.56 Å². The lowest BCUT2D eigenvalue weighted by Crippen LogP contribution is -2.35. The first kappa shape index (κ1) is 4.09. The van der Waals surface area contributed by atoms with E-state index in [9.17, 15) is 4.79 Å². The second-order valence-corrected chi connectivity index (χ2v) is 1.49. The molecule has 1 atom stereocenters. The van der Waals surface area contributed by atoms with Crippen LogP contribution in [0.3, 0.4) is 0 Å². The molecular formula is C3H3ClO2. The van der Waals surface area contributed by atoms with Crippen molar-refractivity contribution in [1.82, 2.24) is 0 Å². The number of ether oxygens (including phenoxy) is 1. The quantitative estimate of drug-likeness (QED) is 0.411. The van der Waals surface area contributed by atoms with Crippen molar-refractivity contribution in [2.24, 2.45) is 0 Å². The summed E-state index contributed by atoms with van der Waals surface area (Å²) in [6, 6.07) is 0. The lowest BCUT2D eigenvalue weighted by molar-refractivity contribution is -0.145. The first-order valence-electron chi connectivity index (χ1n) is 1.59. The summed E-state index contributed by atoms with van der Waals surface area (Å²) in [4.78, 5) is 9.97. The molecule has 34 valence electrons. The summed E-state index contributed by atoms with van der Waals surface area (Å²) < 4.78 is 4.46. The molecule has 1 rings (SSSR count). The van der Waals surface area contributed by atoms with Crippen molar-refractivity contribution in [3.63, 3.8) is 0 Å². The number of rotatable bonds is 0. The number of hydrogen-bond donors (Lipinski definition) is 0. The molecule has 0 aliphatic carbocycles. The molecule has 0 aromatic rings. The third kappa shape index (κ3) is 0.420. The highest BCUT2D eigenvalue weighted by Gasteiger charge is 2.25. The van der Waals surface area contributed by atoms with Crippen molar-refractivity contribution in [2.45, 2.75) is 5.56 Å². The third-order valence-corrected chi connectivity index (χ3v) is 0.994. The molecule has 0 bridgehead atoms. The zero-order valence-corrected chi connectivity index (χ0v) is 3.73. The van der Waals surface area contributed by atoms with E-state index in [1.807, 2.05) is 0 Å². The molecule has 0 saturated carbocycles. The summed E-state index contributed by atoms with van der Waals surface area (Å²) in [5, 5.41) is 0. The van der Waals surface area contributed by atoms with Gasteiger partial charge in [-0.25, -0.2) is 0 Å². The average Bonchev–Trinajstić information content (AvgIpc) is 1.61. The van der Waals surface area contributed by atoms with Crippen LogP contribution in [0.1, 0.15) is 0 Å². The maximum atomic E-state index is 9.97. The smallest absolute Gasteiger partial charge is 0.202 e. The Morgan fingerprint density at radius 2 is 2.50 bits per heavy atom. The van der Waals surface area contributed by atoms with Crippen molar-refractivity contribution >= 4 is 17.4 Å². The average molecular weight is 107 g/mol. The van der Waals surface area contributed by atoms with Gasteiger partial charge in [-0.1, -0.05) is 11.6 Å². The van der Waals surface area contributed by atoms with Crippen LogP contribution in [0.4, 0.5) is 0 Å². The fourth-order valence-electron chi connectivity index (χ4n) is 0.214. The van der Waals surface area contributed by atoms with E-state index in [1.54, 1.807) is 0 Å². The largest absolute Gasteiger partial charge is 0.347 e. The number of carbonyl (C=O) groups excluding carboxylic acids is 1. The van der Waals surface area contributed by atoms with Crippen LogP contribution in [0, 0.1) is 0 Å². The monoisotopic (exact) mass is 106 g/mol. The van der Waals surface area contributed by atoms with Crippen LogP contribution in [-0.4, -0.2) is 18.0 Å². The second kappa shape index (κ2) is 1.21. The standard InChI is InChI=1S/C3H3ClO2/c4-3-2(5)1-6-3/h3H,1H2. The Hall–Kier alpha value is -0.0800. The molecule has 3 heteroatoms. The SMILES string of the molecule is O=C1COC1Cl. The van der Waals surface area contributed by atoms with Crippen LogP contribution in [0.5, 0.6) is 0 Å². The molecular weight excluding hydrogens is 103 g/mol. The molecule has 1 unspecified atom stereocenters. The van der Waals surface area contributed by atoms with Gasteiger partial charge in [0.05, 0.1) is 0 Å². The first-order valence-corrected chi connectivity index (χ1v) is 2.03. The topological polar surface area (TPSA) is 26.3 Å². The van der Waals surface area contributed by atoms with Gasteiger partial charge in [-0.15, -0.1) is 0 Å². The number of carbonyl (C=O) groups is 1. The molecule has 6 heavy (non-hydrogen) atoms. The molecule has 0 spiro atoms. The number of ketones is 1. The molecule has 1 heterocycles. The summed E-state index contributed by atoms with van der Waals surface area (Å²) in [5.74, 6) is -0.0170. The second-order valence-electron chi connectivity index (χ2n) is 1.09. The number of halogens is 1. The summed E-state index contributed by atoms with van der Waals surface area (Å²) in [5.41, 5.74) is -0.634. The molecule has 0 aromatic heterocycles. The zero-order chi connectivity index (χ0) is 4.57. The maximum Gasteiger partial charge on any atom is 0.202 e. The maximum absolute atomic E-state index is 9.97. The van der Waals surface area contributed by atoms with Crippen molar-refractivity contribution in [1.29, 1.82) is 0 Å². The molecule has 1 saturated heterocycles. The van der Waals surface area contributed by atoms with Gasteiger partial charge in [0.15, 0.2) is 5.56 Å².